The van der Waals surface area contributed by atoms with Crippen LogP contribution in [-0.2, 0) is 6.54 Å². The van der Waals surface area contributed by atoms with Crippen molar-refractivity contribution >= 4 is 0 Å². The fourth-order valence-electron chi connectivity index (χ4n) is 3.09. The Labute approximate surface area is 119 Å². The van der Waals surface area contributed by atoms with Crippen molar-refractivity contribution in [2.45, 2.75) is 52.1 Å². The summed E-state index contributed by atoms with van der Waals surface area (Å²) in [6.07, 6.45) is 6.75. The molecule has 0 aromatic carbocycles. The standard InChI is InChI=1S/C16H22N2O2/c1-12-14(13(2)20-17-12)11-18-9-5-3-4-7-15(18)16-8-6-10-19-16/h6,8,10,15H,3-5,7,9,11H2,1-2H3/t15-/m0/s1. The summed E-state index contributed by atoms with van der Waals surface area (Å²) in [4.78, 5) is 2.51. The van der Waals surface area contributed by atoms with E-state index in [4.69, 9.17) is 8.94 Å². The summed E-state index contributed by atoms with van der Waals surface area (Å²) >= 11 is 0. The molecule has 1 saturated heterocycles. The molecule has 0 radical (unpaired) electrons. The molecule has 0 spiro atoms. The van der Waals surface area contributed by atoms with Gasteiger partial charge in [-0.05, 0) is 45.4 Å². The van der Waals surface area contributed by atoms with Crippen molar-refractivity contribution in [2.24, 2.45) is 0 Å². The molecule has 2 aromatic rings. The molecule has 0 amide bonds. The zero-order valence-corrected chi connectivity index (χ0v) is 12.3. The SMILES string of the molecule is Cc1noc(C)c1CN1CCCCC[C@H]1c1ccco1. The predicted molar refractivity (Wildman–Crippen MR) is 76.3 cm³/mol. The Bertz CT molecular complexity index is 525. The molecule has 0 bridgehead atoms. The number of furan rings is 1. The van der Waals surface area contributed by atoms with Crippen LogP contribution in [0, 0.1) is 13.8 Å². The van der Waals surface area contributed by atoms with Crippen LogP contribution in [0.3, 0.4) is 0 Å². The van der Waals surface area contributed by atoms with Crippen LogP contribution in [0.1, 0.15) is 54.5 Å². The molecule has 0 aliphatic carbocycles. The van der Waals surface area contributed by atoms with Crippen LogP contribution < -0.4 is 0 Å². The smallest absolute Gasteiger partial charge is 0.138 e. The molecule has 1 fully saturated rings. The lowest BCUT2D eigenvalue weighted by atomic mass is 10.1. The highest BCUT2D eigenvalue weighted by Gasteiger charge is 2.26. The van der Waals surface area contributed by atoms with E-state index in [1.165, 1.54) is 24.8 Å². The van der Waals surface area contributed by atoms with Crippen LogP contribution in [0.5, 0.6) is 0 Å². The lowest BCUT2D eigenvalue weighted by molar-refractivity contribution is 0.168. The predicted octanol–water partition coefficient (Wildman–Crippen LogP) is 4.00. The molecule has 20 heavy (non-hydrogen) atoms. The highest BCUT2D eigenvalue weighted by atomic mass is 16.5. The summed E-state index contributed by atoms with van der Waals surface area (Å²) in [7, 11) is 0. The zero-order chi connectivity index (χ0) is 13.9. The van der Waals surface area contributed by atoms with Crippen molar-refractivity contribution in [1.29, 1.82) is 0 Å². The molecule has 1 aliphatic rings. The van der Waals surface area contributed by atoms with Crippen LogP contribution in [0.15, 0.2) is 27.3 Å². The van der Waals surface area contributed by atoms with E-state index in [0.717, 1.165) is 36.7 Å². The van der Waals surface area contributed by atoms with Crippen LogP contribution in [-0.4, -0.2) is 16.6 Å². The molecule has 4 heteroatoms. The molecule has 108 valence electrons. The number of hydrogen-bond acceptors (Lipinski definition) is 4. The number of likely N-dealkylation sites (tertiary alicyclic amines) is 1. The molecule has 0 N–H and O–H groups in total. The van der Waals surface area contributed by atoms with Gasteiger partial charge in [0, 0.05) is 12.1 Å². The maximum Gasteiger partial charge on any atom is 0.138 e. The first-order valence-corrected chi connectivity index (χ1v) is 7.45. The Morgan fingerprint density at radius 1 is 1.30 bits per heavy atom. The molecule has 3 rings (SSSR count). The van der Waals surface area contributed by atoms with Gasteiger partial charge in [-0.25, -0.2) is 0 Å². The van der Waals surface area contributed by atoms with Gasteiger partial charge in [0.05, 0.1) is 18.0 Å². The zero-order valence-electron chi connectivity index (χ0n) is 12.3. The van der Waals surface area contributed by atoms with Gasteiger partial charge in [-0.15, -0.1) is 0 Å². The molecular formula is C16H22N2O2. The first-order chi connectivity index (χ1) is 9.75. The van der Waals surface area contributed by atoms with E-state index >= 15 is 0 Å². The van der Waals surface area contributed by atoms with Gasteiger partial charge in [-0.2, -0.15) is 0 Å². The largest absolute Gasteiger partial charge is 0.468 e. The average Bonchev–Trinajstić information content (AvgIpc) is 3.00. The van der Waals surface area contributed by atoms with Crippen molar-refractivity contribution in [3.8, 4) is 0 Å². The van der Waals surface area contributed by atoms with E-state index in [1.807, 2.05) is 19.9 Å². The van der Waals surface area contributed by atoms with Gasteiger partial charge in [-0.1, -0.05) is 18.0 Å². The number of nitrogens with zero attached hydrogens (tertiary/aromatic N) is 2. The second-order valence-electron chi connectivity index (χ2n) is 5.65. The number of rotatable bonds is 3. The Morgan fingerprint density at radius 3 is 2.90 bits per heavy atom. The van der Waals surface area contributed by atoms with Crippen LogP contribution in [0.4, 0.5) is 0 Å². The fraction of sp³-hybridized carbons (Fsp3) is 0.562. The minimum atomic E-state index is 0.376. The van der Waals surface area contributed by atoms with Crippen LogP contribution in [0.25, 0.3) is 0 Å². The fourth-order valence-corrected chi connectivity index (χ4v) is 3.09. The van der Waals surface area contributed by atoms with Gasteiger partial charge in [-0.3, -0.25) is 4.90 Å². The maximum absolute atomic E-state index is 5.66. The van der Waals surface area contributed by atoms with Crippen molar-refractivity contribution in [3.05, 3.63) is 41.2 Å². The minimum Gasteiger partial charge on any atom is -0.468 e. The monoisotopic (exact) mass is 274 g/mol. The van der Waals surface area contributed by atoms with Gasteiger partial charge in [0.1, 0.15) is 11.5 Å². The highest BCUT2D eigenvalue weighted by molar-refractivity contribution is 5.21. The third-order valence-corrected chi connectivity index (χ3v) is 4.28. The summed E-state index contributed by atoms with van der Waals surface area (Å²) in [6.45, 7) is 6.02. The summed E-state index contributed by atoms with van der Waals surface area (Å²) < 4.78 is 11.0. The number of hydrogen-bond donors (Lipinski definition) is 0. The van der Waals surface area contributed by atoms with Crippen molar-refractivity contribution in [3.63, 3.8) is 0 Å². The first kappa shape index (κ1) is 13.4. The quantitative estimate of drug-likeness (QED) is 0.848. The molecule has 0 saturated carbocycles. The Morgan fingerprint density at radius 2 is 2.20 bits per heavy atom. The van der Waals surface area contributed by atoms with Gasteiger partial charge >= 0.3 is 0 Å². The normalized spacial score (nSPS) is 21.0. The number of aromatic nitrogens is 1. The molecule has 2 aromatic heterocycles. The molecule has 1 aliphatic heterocycles. The van der Waals surface area contributed by atoms with E-state index in [1.54, 1.807) is 6.26 Å². The third-order valence-electron chi connectivity index (χ3n) is 4.28. The molecular weight excluding hydrogens is 252 g/mol. The van der Waals surface area contributed by atoms with E-state index in [-0.39, 0.29) is 0 Å². The third kappa shape index (κ3) is 2.66. The van der Waals surface area contributed by atoms with Crippen LogP contribution in [0.2, 0.25) is 0 Å². The van der Waals surface area contributed by atoms with Crippen molar-refractivity contribution in [2.75, 3.05) is 6.54 Å². The van der Waals surface area contributed by atoms with Gasteiger partial charge < -0.3 is 8.94 Å². The molecule has 4 nitrogen and oxygen atoms in total. The highest BCUT2D eigenvalue weighted by Crippen LogP contribution is 2.32. The number of aryl methyl sites for hydroxylation is 2. The Balaban J connectivity index is 1.84. The average molecular weight is 274 g/mol. The summed E-state index contributed by atoms with van der Waals surface area (Å²) in [5.74, 6) is 2.02. The van der Waals surface area contributed by atoms with E-state index in [0.29, 0.717) is 6.04 Å². The van der Waals surface area contributed by atoms with Gasteiger partial charge in [0.25, 0.3) is 0 Å². The topological polar surface area (TPSA) is 42.4 Å². The molecule has 0 unspecified atom stereocenters. The second kappa shape index (κ2) is 5.83. The summed E-state index contributed by atoms with van der Waals surface area (Å²) in [6, 6.07) is 4.45. The molecule has 3 heterocycles. The first-order valence-electron chi connectivity index (χ1n) is 7.45. The van der Waals surface area contributed by atoms with Gasteiger partial charge in [0.15, 0.2) is 0 Å². The minimum absolute atomic E-state index is 0.376. The molecule has 1 atom stereocenters. The second-order valence-corrected chi connectivity index (χ2v) is 5.65. The van der Waals surface area contributed by atoms with Gasteiger partial charge in [0.2, 0.25) is 0 Å². The lowest BCUT2D eigenvalue weighted by Gasteiger charge is -2.28. The lowest BCUT2D eigenvalue weighted by Crippen LogP contribution is -2.28. The van der Waals surface area contributed by atoms with E-state index < -0.39 is 0 Å². The van der Waals surface area contributed by atoms with E-state index in [2.05, 4.69) is 16.1 Å². The Hall–Kier alpha value is -1.55. The van der Waals surface area contributed by atoms with Crippen LogP contribution >= 0.6 is 0 Å². The summed E-state index contributed by atoms with van der Waals surface area (Å²) in [5.41, 5.74) is 2.23. The van der Waals surface area contributed by atoms with Crippen molar-refractivity contribution in [1.82, 2.24) is 10.1 Å². The van der Waals surface area contributed by atoms with Crippen molar-refractivity contribution < 1.29 is 8.94 Å². The Kier molecular flexibility index (Phi) is 3.92. The van der Waals surface area contributed by atoms with E-state index in [9.17, 15) is 0 Å². The maximum atomic E-state index is 5.66. The summed E-state index contributed by atoms with van der Waals surface area (Å²) in [5, 5.41) is 4.07.